The summed E-state index contributed by atoms with van der Waals surface area (Å²) in [5.74, 6) is 0.0241. The molecular formula is C46H58N6O4. The van der Waals surface area contributed by atoms with Crippen molar-refractivity contribution in [3.63, 3.8) is 0 Å². The molecule has 3 aliphatic heterocycles. The SMILES string of the molecule is CCCCN(CCCC)C(=O)c1cc(-c2cc3c(cc2C(=O)N2Cc4ccccc4C[C@H]2CN2CCOCC2)CN(C(=O)Nc2ccccc2)CC3)n(C)c1C. The molecule has 1 aromatic heterocycles. The van der Waals surface area contributed by atoms with E-state index in [-0.39, 0.29) is 23.9 Å². The number of para-hydroxylation sites is 1. The van der Waals surface area contributed by atoms with E-state index in [4.69, 9.17) is 4.74 Å². The minimum atomic E-state index is -0.158. The summed E-state index contributed by atoms with van der Waals surface area (Å²) in [5, 5.41) is 3.04. The first-order valence-corrected chi connectivity index (χ1v) is 20.7. The molecule has 0 radical (unpaired) electrons. The average Bonchev–Trinajstić information content (AvgIpc) is 3.52. The summed E-state index contributed by atoms with van der Waals surface area (Å²) in [6.07, 6.45) is 5.40. The predicted molar refractivity (Wildman–Crippen MR) is 222 cm³/mol. The van der Waals surface area contributed by atoms with Crippen molar-refractivity contribution in [2.45, 2.75) is 78.4 Å². The van der Waals surface area contributed by atoms with Gasteiger partial charge in [0.25, 0.3) is 11.8 Å². The highest BCUT2D eigenvalue weighted by Gasteiger charge is 2.35. The zero-order valence-corrected chi connectivity index (χ0v) is 33.7. The summed E-state index contributed by atoms with van der Waals surface area (Å²) >= 11 is 0. The van der Waals surface area contributed by atoms with Crippen LogP contribution in [0.2, 0.25) is 0 Å². The Balaban J connectivity index is 1.28. The third kappa shape index (κ3) is 8.56. The van der Waals surface area contributed by atoms with Crippen LogP contribution in [0.1, 0.15) is 88.2 Å². The van der Waals surface area contributed by atoms with Crippen molar-refractivity contribution in [2.75, 3.05) is 57.8 Å². The molecule has 296 valence electrons. The van der Waals surface area contributed by atoms with Crippen molar-refractivity contribution >= 4 is 23.5 Å². The standard InChI is InChI=1S/C46H58N6O4/c1-5-7-19-50(20-8-6-2)44(53)40-29-43(48(4)33(40)3)41-27-35-18-21-51(46(55)47-38-16-10-9-11-17-38)30-37(35)28-42(41)45(54)52-31-36-15-13-12-14-34(36)26-39(52)32-49-22-24-56-25-23-49/h9-17,27-29,39H,5-8,18-26,30-32H2,1-4H3,(H,47,55)/t39-/m0/s1. The van der Waals surface area contributed by atoms with E-state index in [1.54, 1.807) is 0 Å². The average molecular weight is 759 g/mol. The van der Waals surface area contributed by atoms with Gasteiger partial charge in [0.1, 0.15) is 0 Å². The van der Waals surface area contributed by atoms with E-state index in [9.17, 15) is 9.59 Å². The fraction of sp³-hybridized carbons (Fsp3) is 0.457. The smallest absolute Gasteiger partial charge is 0.322 e. The molecule has 10 nitrogen and oxygen atoms in total. The Morgan fingerprint density at radius 2 is 1.50 bits per heavy atom. The van der Waals surface area contributed by atoms with Gasteiger partial charge in [0.2, 0.25) is 0 Å². The van der Waals surface area contributed by atoms with Crippen molar-refractivity contribution < 1.29 is 19.1 Å². The second kappa shape index (κ2) is 17.9. The quantitative estimate of drug-likeness (QED) is 0.161. The number of amides is 4. The zero-order valence-electron chi connectivity index (χ0n) is 33.7. The van der Waals surface area contributed by atoms with Crippen LogP contribution in [0.5, 0.6) is 0 Å². The second-order valence-electron chi connectivity index (χ2n) is 15.7. The number of urea groups is 1. The number of benzene rings is 3. The number of hydrogen-bond acceptors (Lipinski definition) is 5. The molecule has 4 heterocycles. The van der Waals surface area contributed by atoms with Gasteiger partial charge in [-0.2, -0.15) is 0 Å². The molecule has 0 spiro atoms. The molecule has 3 aliphatic rings. The van der Waals surface area contributed by atoms with Crippen LogP contribution >= 0.6 is 0 Å². The number of carbonyl (C=O) groups is 3. The molecule has 4 amide bonds. The monoisotopic (exact) mass is 758 g/mol. The summed E-state index contributed by atoms with van der Waals surface area (Å²) in [6.45, 7) is 13.1. The lowest BCUT2D eigenvalue weighted by atomic mass is 9.89. The normalized spacial score (nSPS) is 17.0. The van der Waals surface area contributed by atoms with E-state index in [2.05, 4.69) is 63.9 Å². The summed E-state index contributed by atoms with van der Waals surface area (Å²) in [5.41, 5.74) is 9.17. The fourth-order valence-corrected chi connectivity index (χ4v) is 8.48. The van der Waals surface area contributed by atoms with Crippen LogP contribution in [0.4, 0.5) is 10.5 Å². The first kappa shape index (κ1) is 39.3. The molecule has 1 atom stereocenters. The minimum Gasteiger partial charge on any atom is -0.379 e. The van der Waals surface area contributed by atoms with Crippen molar-refractivity contribution in [1.29, 1.82) is 0 Å². The summed E-state index contributed by atoms with van der Waals surface area (Å²) in [6, 6.07) is 24.0. The van der Waals surface area contributed by atoms with Gasteiger partial charge in [-0.25, -0.2) is 4.79 Å². The largest absolute Gasteiger partial charge is 0.379 e. The third-order valence-corrected chi connectivity index (χ3v) is 12.0. The highest BCUT2D eigenvalue weighted by Crippen LogP contribution is 2.36. The first-order valence-electron chi connectivity index (χ1n) is 20.7. The van der Waals surface area contributed by atoms with Gasteiger partial charge in [0, 0.05) is 93.6 Å². The molecule has 1 fully saturated rings. The van der Waals surface area contributed by atoms with Gasteiger partial charge < -0.3 is 29.3 Å². The number of aromatic nitrogens is 1. The van der Waals surface area contributed by atoms with Crippen molar-refractivity contribution in [3.8, 4) is 11.3 Å². The number of morpholine rings is 1. The maximum Gasteiger partial charge on any atom is 0.322 e. The van der Waals surface area contributed by atoms with E-state index in [1.165, 1.54) is 11.1 Å². The first-order chi connectivity index (χ1) is 27.2. The molecule has 0 aliphatic carbocycles. The lowest BCUT2D eigenvalue weighted by Gasteiger charge is -2.41. The Hall–Kier alpha value is -4.93. The molecule has 0 saturated carbocycles. The number of nitrogens with zero attached hydrogens (tertiary/aromatic N) is 5. The van der Waals surface area contributed by atoms with Crippen LogP contribution in [0.25, 0.3) is 11.3 Å². The van der Waals surface area contributed by atoms with Gasteiger partial charge >= 0.3 is 6.03 Å². The van der Waals surface area contributed by atoms with Crippen molar-refractivity contribution in [2.24, 2.45) is 7.05 Å². The lowest BCUT2D eigenvalue weighted by molar-refractivity contribution is 0.0193. The molecular weight excluding hydrogens is 701 g/mol. The topological polar surface area (TPSA) is 90.4 Å². The Labute approximate surface area is 332 Å². The predicted octanol–water partition coefficient (Wildman–Crippen LogP) is 7.53. The summed E-state index contributed by atoms with van der Waals surface area (Å²) in [4.78, 5) is 51.4. The Morgan fingerprint density at radius 1 is 0.804 bits per heavy atom. The van der Waals surface area contributed by atoms with Crippen LogP contribution in [-0.2, 0) is 37.7 Å². The third-order valence-electron chi connectivity index (χ3n) is 12.0. The van der Waals surface area contributed by atoms with Gasteiger partial charge in [-0.15, -0.1) is 0 Å². The maximum atomic E-state index is 15.4. The van der Waals surface area contributed by atoms with Gasteiger partial charge in [-0.05, 0) is 85.2 Å². The number of unbranched alkanes of at least 4 members (excludes halogenated alkanes) is 2. The minimum absolute atomic E-state index is 0.0227. The number of hydrogen-bond donors (Lipinski definition) is 1. The summed E-state index contributed by atoms with van der Waals surface area (Å²) < 4.78 is 7.76. The van der Waals surface area contributed by atoms with Crippen LogP contribution in [-0.4, -0.2) is 101 Å². The zero-order chi connectivity index (χ0) is 39.2. The lowest BCUT2D eigenvalue weighted by Crippen LogP contribution is -2.52. The second-order valence-corrected chi connectivity index (χ2v) is 15.7. The van der Waals surface area contributed by atoms with Crippen LogP contribution in [0.15, 0.2) is 72.8 Å². The van der Waals surface area contributed by atoms with E-state index in [0.717, 1.165) is 98.6 Å². The molecule has 4 aromatic rings. The molecule has 0 unspecified atom stereocenters. The Morgan fingerprint density at radius 3 is 2.21 bits per heavy atom. The number of fused-ring (bicyclic) bond motifs is 2. The van der Waals surface area contributed by atoms with Gasteiger partial charge in [0.15, 0.2) is 0 Å². The van der Waals surface area contributed by atoms with Gasteiger partial charge in [0.05, 0.1) is 18.8 Å². The molecule has 1 saturated heterocycles. The molecule has 3 aromatic carbocycles. The number of nitrogens with one attached hydrogen (secondary N) is 1. The Kier molecular flexibility index (Phi) is 12.6. The van der Waals surface area contributed by atoms with Gasteiger partial charge in [-0.3, -0.25) is 14.5 Å². The van der Waals surface area contributed by atoms with E-state index >= 15 is 4.79 Å². The van der Waals surface area contributed by atoms with E-state index in [0.29, 0.717) is 50.4 Å². The number of rotatable bonds is 12. The Bertz CT molecular complexity index is 2010. The van der Waals surface area contributed by atoms with E-state index in [1.807, 2.05) is 66.2 Å². The molecule has 1 N–H and O–H groups in total. The number of anilines is 1. The highest BCUT2D eigenvalue weighted by molar-refractivity contribution is 6.03. The maximum absolute atomic E-state index is 15.4. The van der Waals surface area contributed by atoms with Crippen molar-refractivity contribution in [1.82, 2.24) is 24.2 Å². The van der Waals surface area contributed by atoms with Crippen LogP contribution in [0.3, 0.4) is 0 Å². The fourth-order valence-electron chi connectivity index (χ4n) is 8.48. The summed E-state index contributed by atoms with van der Waals surface area (Å²) in [7, 11) is 2.01. The van der Waals surface area contributed by atoms with Crippen LogP contribution < -0.4 is 5.32 Å². The molecule has 56 heavy (non-hydrogen) atoms. The molecule has 10 heteroatoms. The molecule has 0 bridgehead atoms. The number of ether oxygens (including phenoxy) is 1. The number of carbonyl (C=O) groups excluding carboxylic acids is 3. The van der Waals surface area contributed by atoms with Gasteiger partial charge in [-0.1, -0.05) is 69.2 Å². The van der Waals surface area contributed by atoms with Crippen molar-refractivity contribution in [3.05, 3.63) is 112 Å². The molecule has 7 rings (SSSR count). The van der Waals surface area contributed by atoms with E-state index < -0.39 is 0 Å². The highest BCUT2D eigenvalue weighted by atomic mass is 16.5. The van der Waals surface area contributed by atoms with Crippen LogP contribution in [0, 0.1) is 6.92 Å².